The van der Waals surface area contributed by atoms with Crippen molar-refractivity contribution in [3.63, 3.8) is 0 Å². The van der Waals surface area contributed by atoms with Crippen LogP contribution >= 0.6 is 11.6 Å². The largest absolute Gasteiger partial charge is 0.321 e. The van der Waals surface area contributed by atoms with E-state index in [0.717, 1.165) is 22.5 Å². The molecule has 1 N–H and O–H groups in total. The van der Waals surface area contributed by atoms with Crippen LogP contribution in [-0.2, 0) is 15.6 Å². The standard InChI is InChI=1S/C23H18ClN3O3S/c1-15-6-8-16(9-7-15)14-31(29,30)23-25-13-20(24)21(27-23)22(28)26-19-11-10-17-4-2-3-5-18(17)12-19/h2-13H,14H2,1H3,(H,26,28). The van der Waals surface area contributed by atoms with Gasteiger partial charge in [-0.2, -0.15) is 0 Å². The number of nitrogens with zero attached hydrogens (tertiary/aromatic N) is 2. The van der Waals surface area contributed by atoms with Crippen LogP contribution in [0.25, 0.3) is 10.8 Å². The summed E-state index contributed by atoms with van der Waals surface area (Å²) in [7, 11) is -3.86. The number of halogens is 1. The van der Waals surface area contributed by atoms with Gasteiger partial charge in [0.05, 0.1) is 17.0 Å². The molecule has 0 bridgehead atoms. The van der Waals surface area contributed by atoms with Crippen molar-refractivity contribution in [2.45, 2.75) is 17.8 Å². The first-order valence-corrected chi connectivity index (χ1v) is 11.5. The Labute approximate surface area is 184 Å². The van der Waals surface area contributed by atoms with Crippen LogP contribution < -0.4 is 5.32 Å². The van der Waals surface area contributed by atoms with Crippen molar-refractivity contribution in [2.24, 2.45) is 0 Å². The molecule has 4 rings (SSSR count). The van der Waals surface area contributed by atoms with E-state index in [9.17, 15) is 13.2 Å². The van der Waals surface area contributed by atoms with Gasteiger partial charge in [-0.1, -0.05) is 71.8 Å². The summed E-state index contributed by atoms with van der Waals surface area (Å²) in [5.41, 5.74) is 1.97. The molecule has 0 aliphatic rings. The molecular formula is C23H18ClN3O3S. The Morgan fingerprint density at radius 2 is 1.71 bits per heavy atom. The van der Waals surface area contributed by atoms with Gasteiger partial charge in [-0.05, 0) is 35.4 Å². The molecule has 1 aromatic heterocycles. The molecule has 4 aromatic rings. The SMILES string of the molecule is Cc1ccc(CS(=O)(=O)c2ncc(Cl)c(C(=O)Nc3ccc4ccccc4c3)n2)cc1. The van der Waals surface area contributed by atoms with E-state index in [1.165, 1.54) is 0 Å². The van der Waals surface area contributed by atoms with E-state index in [2.05, 4.69) is 15.3 Å². The highest BCUT2D eigenvalue weighted by atomic mass is 35.5. The molecule has 8 heteroatoms. The average molecular weight is 452 g/mol. The molecule has 156 valence electrons. The van der Waals surface area contributed by atoms with Crippen LogP contribution in [-0.4, -0.2) is 24.3 Å². The van der Waals surface area contributed by atoms with Crippen molar-refractivity contribution >= 4 is 43.8 Å². The lowest BCUT2D eigenvalue weighted by Gasteiger charge is -2.09. The lowest BCUT2D eigenvalue weighted by Crippen LogP contribution is -2.18. The number of anilines is 1. The van der Waals surface area contributed by atoms with Gasteiger partial charge in [-0.3, -0.25) is 4.79 Å². The second kappa shape index (κ2) is 8.45. The molecule has 1 amide bonds. The summed E-state index contributed by atoms with van der Waals surface area (Å²) < 4.78 is 25.6. The van der Waals surface area contributed by atoms with Gasteiger partial charge >= 0.3 is 0 Å². The summed E-state index contributed by atoms with van der Waals surface area (Å²) in [6.07, 6.45) is 1.13. The van der Waals surface area contributed by atoms with E-state index < -0.39 is 20.9 Å². The Morgan fingerprint density at radius 3 is 2.45 bits per heavy atom. The first-order chi connectivity index (χ1) is 14.8. The van der Waals surface area contributed by atoms with E-state index >= 15 is 0 Å². The van der Waals surface area contributed by atoms with E-state index in [0.29, 0.717) is 11.3 Å². The van der Waals surface area contributed by atoms with Crippen molar-refractivity contribution < 1.29 is 13.2 Å². The maximum absolute atomic E-state index is 12.8. The maximum atomic E-state index is 12.8. The zero-order valence-corrected chi connectivity index (χ0v) is 18.1. The fourth-order valence-electron chi connectivity index (χ4n) is 3.09. The van der Waals surface area contributed by atoms with Crippen molar-refractivity contribution in [3.05, 3.63) is 94.8 Å². The average Bonchev–Trinajstić information content (AvgIpc) is 2.75. The van der Waals surface area contributed by atoms with Crippen LogP contribution in [0.15, 0.2) is 78.1 Å². The summed E-state index contributed by atoms with van der Waals surface area (Å²) in [4.78, 5) is 20.6. The summed E-state index contributed by atoms with van der Waals surface area (Å²) in [6, 6.07) is 20.3. The minimum Gasteiger partial charge on any atom is -0.321 e. The number of aryl methyl sites for hydroxylation is 1. The Hall–Kier alpha value is -3.29. The fraction of sp³-hybridized carbons (Fsp3) is 0.0870. The third kappa shape index (κ3) is 4.73. The predicted octanol–water partition coefficient (Wildman–Crippen LogP) is 4.82. The molecule has 0 aliphatic heterocycles. The van der Waals surface area contributed by atoms with Gasteiger partial charge < -0.3 is 5.32 Å². The number of hydrogen-bond acceptors (Lipinski definition) is 5. The Kier molecular flexibility index (Phi) is 5.71. The molecule has 3 aromatic carbocycles. The van der Waals surface area contributed by atoms with Gasteiger partial charge in [0.1, 0.15) is 0 Å². The summed E-state index contributed by atoms with van der Waals surface area (Å²) >= 11 is 6.10. The number of carbonyl (C=O) groups is 1. The fourth-order valence-corrected chi connectivity index (χ4v) is 4.47. The summed E-state index contributed by atoms with van der Waals surface area (Å²) in [5, 5.41) is 4.23. The van der Waals surface area contributed by atoms with Gasteiger partial charge in [0.25, 0.3) is 5.91 Å². The van der Waals surface area contributed by atoms with Gasteiger partial charge in [-0.15, -0.1) is 0 Å². The second-order valence-electron chi connectivity index (χ2n) is 7.11. The molecule has 6 nitrogen and oxygen atoms in total. The van der Waals surface area contributed by atoms with E-state index in [1.807, 2.05) is 55.5 Å². The molecule has 1 heterocycles. The monoisotopic (exact) mass is 451 g/mol. The third-order valence-electron chi connectivity index (χ3n) is 4.70. The molecule has 0 fully saturated rings. The lowest BCUT2D eigenvalue weighted by atomic mass is 10.1. The Bertz CT molecular complexity index is 1390. The second-order valence-corrected chi connectivity index (χ2v) is 9.40. The van der Waals surface area contributed by atoms with Crippen molar-refractivity contribution in [2.75, 3.05) is 5.32 Å². The Morgan fingerprint density at radius 1 is 1.00 bits per heavy atom. The number of sulfone groups is 1. The number of amides is 1. The van der Waals surface area contributed by atoms with Crippen LogP contribution in [0.1, 0.15) is 21.6 Å². The third-order valence-corrected chi connectivity index (χ3v) is 6.44. The number of rotatable bonds is 5. The van der Waals surface area contributed by atoms with Crippen molar-refractivity contribution in [1.82, 2.24) is 9.97 Å². The van der Waals surface area contributed by atoms with Gasteiger partial charge in [0.2, 0.25) is 15.0 Å². The topological polar surface area (TPSA) is 89.0 Å². The number of benzene rings is 3. The minimum atomic E-state index is -3.86. The Balaban J connectivity index is 1.60. The van der Waals surface area contributed by atoms with E-state index in [1.54, 1.807) is 18.2 Å². The number of nitrogens with one attached hydrogen (secondary N) is 1. The highest BCUT2D eigenvalue weighted by molar-refractivity contribution is 7.90. The van der Waals surface area contributed by atoms with Crippen LogP contribution in [0.3, 0.4) is 0 Å². The summed E-state index contributed by atoms with van der Waals surface area (Å²) in [6.45, 7) is 1.92. The molecule has 0 atom stereocenters. The molecule has 31 heavy (non-hydrogen) atoms. The van der Waals surface area contributed by atoms with Crippen LogP contribution in [0.4, 0.5) is 5.69 Å². The molecule has 0 saturated carbocycles. The molecule has 0 saturated heterocycles. The molecule has 0 aliphatic carbocycles. The number of carbonyl (C=O) groups excluding carboxylic acids is 1. The van der Waals surface area contributed by atoms with E-state index in [4.69, 9.17) is 11.6 Å². The first kappa shape index (κ1) is 21.0. The van der Waals surface area contributed by atoms with Crippen molar-refractivity contribution in [3.8, 4) is 0 Å². The van der Waals surface area contributed by atoms with Crippen LogP contribution in [0.5, 0.6) is 0 Å². The van der Waals surface area contributed by atoms with Gasteiger partial charge in [0.15, 0.2) is 5.69 Å². The highest BCUT2D eigenvalue weighted by Crippen LogP contribution is 2.22. The lowest BCUT2D eigenvalue weighted by molar-refractivity contribution is 0.102. The molecule has 0 unspecified atom stereocenters. The van der Waals surface area contributed by atoms with E-state index in [-0.39, 0.29) is 16.5 Å². The summed E-state index contributed by atoms with van der Waals surface area (Å²) in [5.74, 6) is -0.893. The van der Waals surface area contributed by atoms with Crippen LogP contribution in [0, 0.1) is 6.92 Å². The van der Waals surface area contributed by atoms with Crippen molar-refractivity contribution in [1.29, 1.82) is 0 Å². The normalized spacial score (nSPS) is 11.4. The minimum absolute atomic E-state index is 0.0347. The van der Waals surface area contributed by atoms with Gasteiger partial charge in [-0.25, -0.2) is 18.4 Å². The molecular weight excluding hydrogens is 434 g/mol. The number of fused-ring (bicyclic) bond motifs is 1. The maximum Gasteiger partial charge on any atom is 0.275 e. The highest BCUT2D eigenvalue weighted by Gasteiger charge is 2.23. The molecule has 0 spiro atoms. The molecule has 0 radical (unpaired) electrons. The van der Waals surface area contributed by atoms with Gasteiger partial charge in [0, 0.05) is 5.69 Å². The first-order valence-electron chi connectivity index (χ1n) is 9.43. The zero-order chi connectivity index (χ0) is 22.0. The number of hydrogen-bond donors (Lipinski definition) is 1. The predicted molar refractivity (Wildman–Crippen MR) is 121 cm³/mol. The number of aromatic nitrogens is 2. The quantitative estimate of drug-likeness (QED) is 0.439. The zero-order valence-electron chi connectivity index (χ0n) is 16.5. The van der Waals surface area contributed by atoms with Crippen LogP contribution in [0.2, 0.25) is 5.02 Å². The smallest absolute Gasteiger partial charge is 0.275 e.